The standard InChI is InChI=1S/C9H16ClN3O3S/c1-7(5-16-4)13(3)17(14,15)9-8(10)12(2)6-11-9/h6-7H,5H2,1-4H3. The summed E-state index contributed by atoms with van der Waals surface area (Å²) in [6, 6.07) is -0.289. The van der Waals surface area contributed by atoms with Crippen LogP contribution in [-0.4, -0.2) is 49.1 Å². The molecule has 17 heavy (non-hydrogen) atoms. The molecule has 0 fully saturated rings. The maximum atomic E-state index is 12.2. The number of sulfonamides is 1. The van der Waals surface area contributed by atoms with Gasteiger partial charge in [-0.15, -0.1) is 0 Å². The molecule has 0 saturated heterocycles. The van der Waals surface area contributed by atoms with E-state index in [1.54, 1.807) is 14.0 Å². The van der Waals surface area contributed by atoms with E-state index in [2.05, 4.69) is 4.98 Å². The molecule has 8 heteroatoms. The second-order valence-electron chi connectivity index (χ2n) is 3.78. The van der Waals surface area contributed by atoms with Crippen molar-refractivity contribution in [2.75, 3.05) is 20.8 Å². The fourth-order valence-corrected chi connectivity index (χ4v) is 3.02. The zero-order valence-electron chi connectivity index (χ0n) is 10.2. The summed E-state index contributed by atoms with van der Waals surface area (Å²) in [6.45, 7) is 2.05. The zero-order chi connectivity index (χ0) is 13.2. The fourth-order valence-electron chi connectivity index (χ4n) is 1.29. The Morgan fingerprint density at radius 1 is 1.65 bits per heavy atom. The molecule has 0 amide bonds. The average Bonchev–Trinajstić information content (AvgIpc) is 2.59. The van der Waals surface area contributed by atoms with E-state index in [-0.39, 0.29) is 16.2 Å². The van der Waals surface area contributed by atoms with Crippen molar-refractivity contribution in [1.82, 2.24) is 13.9 Å². The number of rotatable bonds is 5. The van der Waals surface area contributed by atoms with Crippen LogP contribution in [0.15, 0.2) is 11.4 Å². The van der Waals surface area contributed by atoms with Crippen molar-refractivity contribution in [3.8, 4) is 0 Å². The molecule has 1 unspecified atom stereocenters. The highest BCUT2D eigenvalue weighted by Gasteiger charge is 2.30. The van der Waals surface area contributed by atoms with Gasteiger partial charge in [0.15, 0.2) is 0 Å². The molecule has 0 saturated carbocycles. The summed E-state index contributed by atoms with van der Waals surface area (Å²) >= 11 is 5.88. The highest BCUT2D eigenvalue weighted by atomic mass is 35.5. The van der Waals surface area contributed by atoms with E-state index in [1.165, 1.54) is 29.4 Å². The SMILES string of the molecule is COCC(C)N(C)S(=O)(=O)c1ncn(C)c1Cl. The summed E-state index contributed by atoms with van der Waals surface area (Å²) in [5, 5.41) is -0.0337. The molecule has 0 aromatic carbocycles. The second-order valence-corrected chi connectivity index (χ2v) is 6.05. The minimum Gasteiger partial charge on any atom is -0.383 e. The Balaban J connectivity index is 3.07. The van der Waals surface area contributed by atoms with Crippen LogP contribution in [0.5, 0.6) is 0 Å². The Morgan fingerprint density at radius 2 is 2.24 bits per heavy atom. The van der Waals surface area contributed by atoms with Crippen LogP contribution in [0.4, 0.5) is 0 Å². The molecule has 1 atom stereocenters. The molecule has 6 nitrogen and oxygen atoms in total. The number of aryl methyl sites for hydroxylation is 1. The van der Waals surface area contributed by atoms with Crippen molar-refractivity contribution < 1.29 is 13.2 Å². The number of ether oxygens (including phenoxy) is 1. The monoisotopic (exact) mass is 281 g/mol. The first-order valence-electron chi connectivity index (χ1n) is 4.96. The van der Waals surface area contributed by atoms with Gasteiger partial charge < -0.3 is 9.30 Å². The Bertz CT molecular complexity index is 486. The van der Waals surface area contributed by atoms with Gasteiger partial charge in [0, 0.05) is 27.2 Å². The van der Waals surface area contributed by atoms with Crippen molar-refractivity contribution in [2.45, 2.75) is 18.0 Å². The molecule has 1 heterocycles. The van der Waals surface area contributed by atoms with Crippen LogP contribution in [0.2, 0.25) is 5.15 Å². The number of nitrogens with zero attached hydrogens (tertiary/aromatic N) is 3. The predicted molar refractivity (Wildman–Crippen MR) is 64.5 cm³/mol. The van der Waals surface area contributed by atoms with Crippen LogP contribution in [0, 0.1) is 0 Å². The van der Waals surface area contributed by atoms with Gasteiger partial charge in [-0.2, -0.15) is 4.31 Å². The van der Waals surface area contributed by atoms with E-state index < -0.39 is 10.0 Å². The largest absolute Gasteiger partial charge is 0.383 e. The van der Waals surface area contributed by atoms with Gasteiger partial charge in [0.2, 0.25) is 5.03 Å². The summed E-state index contributed by atoms with van der Waals surface area (Å²) in [5.74, 6) is 0. The lowest BCUT2D eigenvalue weighted by Crippen LogP contribution is -2.38. The normalized spacial score (nSPS) is 14.2. The Kier molecular flexibility index (Phi) is 4.54. The van der Waals surface area contributed by atoms with Crippen molar-refractivity contribution >= 4 is 21.6 Å². The van der Waals surface area contributed by atoms with Gasteiger partial charge in [-0.25, -0.2) is 13.4 Å². The number of methoxy groups -OCH3 is 1. The van der Waals surface area contributed by atoms with E-state index >= 15 is 0 Å². The third-order valence-electron chi connectivity index (χ3n) is 2.49. The Hall–Kier alpha value is -0.630. The molecule has 98 valence electrons. The lowest BCUT2D eigenvalue weighted by atomic mass is 10.4. The van der Waals surface area contributed by atoms with Crippen LogP contribution in [0.25, 0.3) is 0 Å². The molecule has 0 radical (unpaired) electrons. The first-order chi connectivity index (χ1) is 7.82. The van der Waals surface area contributed by atoms with Crippen molar-refractivity contribution in [3.05, 3.63) is 11.5 Å². The van der Waals surface area contributed by atoms with E-state index in [9.17, 15) is 8.42 Å². The van der Waals surface area contributed by atoms with Crippen LogP contribution >= 0.6 is 11.6 Å². The fraction of sp³-hybridized carbons (Fsp3) is 0.667. The molecule has 1 aromatic rings. The second kappa shape index (κ2) is 5.34. The predicted octanol–water partition coefficient (Wildman–Crippen LogP) is 0.729. The van der Waals surface area contributed by atoms with E-state index in [0.717, 1.165) is 0 Å². The third kappa shape index (κ3) is 2.79. The molecule has 0 aliphatic carbocycles. The highest BCUT2D eigenvalue weighted by molar-refractivity contribution is 7.89. The van der Waals surface area contributed by atoms with Crippen LogP contribution < -0.4 is 0 Å². The molecule has 0 aliphatic rings. The number of likely N-dealkylation sites (N-methyl/N-ethyl adjacent to an activating group) is 1. The molecule has 0 spiro atoms. The molecule has 0 bridgehead atoms. The summed E-state index contributed by atoms with van der Waals surface area (Å²) in [4.78, 5) is 3.81. The topological polar surface area (TPSA) is 64.4 Å². The lowest BCUT2D eigenvalue weighted by Gasteiger charge is -2.22. The number of aromatic nitrogens is 2. The van der Waals surface area contributed by atoms with E-state index in [0.29, 0.717) is 6.61 Å². The quantitative estimate of drug-likeness (QED) is 0.798. The molecule has 0 aliphatic heterocycles. The highest BCUT2D eigenvalue weighted by Crippen LogP contribution is 2.22. The summed E-state index contributed by atoms with van der Waals surface area (Å²) < 4.78 is 32.0. The van der Waals surface area contributed by atoms with Gasteiger partial charge >= 0.3 is 0 Å². The van der Waals surface area contributed by atoms with Crippen LogP contribution in [-0.2, 0) is 21.8 Å². The Morgan fingerprint density at radius 3 is 2.65 bits per heavy atom. The van der Waals surface area contributed by atoms with Crippen molar-refractivity contribution in [1.29, 1.82) is 0 Å². The number of hydrogen-bond acceptors (Lipinski definition) is 4. The maximum absolute atomic E-state index is 12.2. The smallest absolute Gasteiger partial charge is 0.263 e. The zero-order valence-corrected chi connectivity index (χ0v) is 11.8. The first-order valence-corrected chi connectivity index (χ1v) is 6.78. The van der Waals surface area contributed by atoms with Gasteiger partial charge in [-0.05, 0) is 6.92 Å². The van der Waals surface area contributed by atoms with Gasteiger partial charge in [0.05, 0.1) is 12.9 Å². The molecular formula is C9H16ClN3O3S. The van der Waals surface area contributed by atoms with Crippen LogP contribution in [0.1, 0.15) is 6.92 Å². The van der Waals surface area contributed by atoms with Gasteiger partial charge in [0.1, 0.15) is 5.15 Å². The van der Waals surface area contributed by atoms with Gasteiger partial charge in [-0.3, -0.25) is 0 Å². The summed E-state index contributed by atoms with van der Waals surface area (Å²) in [6.07, 6.45) is 1.37. The minimum atomic E-state index is -3.68. The van der Waals surface area contributed by atoms with Crippen molar-refractivity contribution in [3.63, 3.8) is 0 Å². The van der Waals surface area contributed by atoms with Gasteiger partial charge in [-0.1, -0.05) is 11.6 Å². The summed E-state index contributed by atoms with van der Waals surface area (Å²) in [5.41, 5.74) is 0. The van der Waals surface area contributed by atoms with Gasteiger partial charge in [0.25, 0.3) is 10.0 Å². The third-order valence-corrected chi connectivity index (χ3v) is 4.95. The van der Waals surface area contributed by atoms with E-state index in [1.807, 2.05) is 0 Å². The van der Waals surface area contributed by atoms with E-state index in [4.69, 9.17) is 16.3 Å². The number of halogens is 1. The Labute approximate surface area is 106 Å². The molecular weight excluding hydrogens is 266 g/mol. The molecule has 1 rings (SSSR count). The lowest BCUT2D eigenvalue weighted by molar-refractivity contribution is 0.149. The molecule has 1 aromatic heterocycles. The average molecular weight is 282 g/mol. The first kappa shape index (κ1) is 14.4. The number of imidazole rings is 1. The maximum Gasteiger partial charge on any atom is 0.263 e. The number of hydrogen-bond donors (Lipinski definition) is 0. The minimum absolute atomic E-state index is 0.0986. The summed E-state index contributed by atoms with van der Waals surface area (Å²) in [7, 11) is 0.946. The van der Waals surface area contributed by atoms with Crippen LogP contribution in [0.3, 0.4) is 0 Å². The van der Waals surface area contributed by atoms with Crippen molar-refractivity contribution in [2.24, 2.45) is 7.05 Å². The molecule has 0 N–H and O–H groups in total.